The molecule has 1 aliphatic carbocycles. The summed E-state index contributed by atoms with van der Waals surface area (Å²) in [6.07, 6.45) is 6.72. The quantitative estimate of drug-likeness (QED) is 0.869. The second-order valence-electron chi connectivity index (χ2n) is 5.11. The lowest BCUT2D eigenvalue weighted by molar-refractivity contribution is 0.253. The Bertz CT molecular complexity index is 367. The molecule has 0 bridgehead atoms. The van der Waals surface area contributed by atoms with Crippen molar-refractivity contribution in [3.05, 3.63) is 23.9 Å². The number of rotatable bonds is 5. The first kappa shape index (κ1) is 13.3. The fourth-order valence-corrected chi connectivity index (χ4v) is 2.87. The number of nitrogens with zero attached hydrogens (tertiary/aromatic N) is 1. The molecule has 3 nitrogen and oxygen atoms in total. The number of hydrogen-bond donors (Lipinski definition) is 1. The van der Waals surface area contributed by atoms with E-state index in [0.29, 0.717) is 11.9 Å². The minimum Gasteiger partial charge on any atom is -0.481 e. The van der Waals surface area contributed by atoms with Gasteiger partial charge in [0.1, 0.15) is 0 Å². The smallest absolute Gasteiger partial charge is 0.213 e. The summed E-state index contributed by atoms with van der Waals surface area (Å²) in [7, 11) is 1.66. The Kier molecular flexibility index (Phi) is 5.00. The molecule has 2 atom stereocenters. The van der Waals surface area contributed by atoms with Gasteiger partial charge in [0.05, 0.1) is 12.8 Å². The Balaban J connectivity index is 1.89. The topological polar surface area (TPSA) is 34.1 Å². The summed E-state index contributed by atoms with van der Waals surface area (Å²) in [6, 6.07) is 6.61. The molecule has 1 aromatic rings. The average molecular weight is 248 g/mol. The molecule has 1 saturated carbocycles. The highest BCUT2D eigenvalue weighted by molar-refractivity contribution is 5.15. The lowest BCUT2D eigenvalue weighted by Crippen LogP contribution is -2.38. The SMILES string of the molecule is CCC1CCCCC1NCc1cccc(OC)n1. The van der Waals surface area contributed by atoms with E-state index in [-0.39, 0.29) is 0 Å². The fourth-order valence-electron chi connectivity index (χ4n) is 2.87. The third-order valence-corrected chi connectivity index (χ3v) is 3.97. The molecule has 0 saturated heterocycles. The first-order valence-corrected chi connectivity index (χ1v) is 7.06. The zero-order valence-corrected chi connectivity index (χ0v) is 11.5. The van der Waals surface area contributed by atoms with E-state index in [1.165, 1.54) is 32.1 Å². The van der Waals surface area contributed by atoms with Crippen molar-refractivity contribution in [1.82, 2.24) is 10.3 Å². The summed E-state index contributed by atoms with van der Waals surface area (Å²) >= 11 is 0. The minimum atomic E-state index is 0.664. The third-order valence-electron chi connectivity index (χ3n) is 3.97. The summed E-state index contributed by atoms with van der Waals surface area (Å²) in [4.78, 5) is 4.44. The standard InChI is InChI=1S/C15H24N2O/c1-3-12-7-4-5-9-14(12)16-11-13-8-6-10-15(17-13)18-2/h6,8,10,12,14,16H,3-5,7,9,11H2,1-2H3. The molecule has 0 radical (unpaired) electrons. The molecular weight excluding hydrogens is 224 g/mol. The van der Waals surface area contributed by atoms with Crippen molar-refractivity contribution in [1.29, 1.82) is 0 Å². The molecule has 100 valence electrons. The Hall–Kier alpha value is -1.09. The third kappa shape index (κ3) is 3.45. The molecule has 1 aliphatic rings. The van der Waals surface area contributed by atoms with Gasteiger partial charge in [-0.25, -0.2) is 4.98 Å². The van der Waals surface area contributed by atoms with Gasteiger partial charge in [-0.1, -0.05) is 32.3 Å². The molecule has 0 aliphatic heterocycles. The number of ether oxygens (including phenoxy) is 1. The lowest BCUT2D eigenvalue weighted by Gasteiger charge is -2.31. The van der Waals surface area contributed by atoms with E-state index >= 15 is 0 Å². The van der Waals surface area contributed by atoms with Gasteiger partial charge in [0.2, 0.25) is 5.88 Å². The molecule has 3 heteroatoms. The second-order valence-corrected chi connectivity index (χ2v) is 5.11. The maximum atomic E-state index is 5.15. The molecule has 0 amide bonds. The monoisotopic (exact) mass is 248 g/mol. The molecule has 1 fully saturated rings. The Morgan fingerprint density at radius 2 is 2.17 bits per heavy atom. The molecule has 0 spiro atoms. The van der Waals surface area contributed by atoms with Crippen molar-refractivity contribution in [2.45, 2.75) is 51.6 Å². The maximum absolute atomic E-state index is 5.15. The first-order chi connectivity index (χ1) is 8.83. The summed E-state index contributed by atoms with van der Waals surface area (Å²) in [5, 5.41) is 3.67. The van der Waals surface area contributed by atoms with Crippen LogP contribution in [0.4, 0.5) is 0 Å². The first-order valence-electron chi connectivity index (χ1n) is 7.06. The summed E-state index contributed by atoms with van der Waals surface area (Å²) in [5.41, 5.74) is 1.06. The molecule has 1 N–H and O–H groups in total. The van der Waals surface area contributed by atoms with E-state index in [1.54, 1.807) is 7.11 Å². The molecule has 2 unspecified atom stereocenters. The van der Waals surface area contributed by atoms with Gasteiger partial charge in [0.25, 0.3) is 0 Å². The van der Waals surface area contributed by atoms with Crippen LogP contribution in [0.5, 0.6) is 5.88 Å². The van der Waals surface area contributed by atoms with Crippen molar-refractivity contribution in [2.24, 2.45) is 5.92 Å². The highest BCUT2D eigenvalue weighted by atomic mass is 16.5. The van der Waals surface area contributed by atoms with Crippen LogP contribution in [0.2, 0.25) is 0 Å². The van der Waals surface area contributed by atoms with E-state index < -0.39 is 0 Å². The molecule has 1 heterocycles. The highest BCUT2D eigenvalue weighted by Crippen LogP contribution is 2.26. The molecule has 0 aromatic carbocycles. The number of aromatic nitrogens is 1. The molecule has 2 rings (SSSR count). The van der Waals surface area contributed by atoms with Gasteiger partial charge in [-0.2, -0.15) is 0 Å². The highest BCUT2D eigenvalue weighted by Gasteiger charge is 2.22. The van der Waals surface area contributed by atoms with Gasteiger partial charge in [-0.15, -0.1) is 0 Å². The van der Waals surface area contributed by atoms with Crippen molar-refractivity contribution in [3.63, 3.8) is 0 Å². The van der Waals surface area contributed by atoms with E-state index in [1.807, 2.05) is 12.1 Å². The number of nitrogens with one attached hydrogen (secondary N) is 1. The van der Waals surface area contributed by atoms with Crippen LogP contribution >= 0.6 is 0 Å². The van der Waals surface area contributed by atoms with E-state index in [9.17, 15) is 0 Å². The van der Waals surface area contributed by atoms with Gasteiger partial charge in [0, 0.05) is 18.7 Å². The molecular formula is C15H24N2O. The Labute approximate surface area is 110 Å². The van der Waals surface area contributed by atoms with Gasteiger partial charge >= 0.3 is 0 Å². The van der Waals surface area contributed by atoms with Crippen LogP contribution in [-0.2, 0) is 6.54 Å². The Morgan fingerprint density at radius 1 is 1.33 bits per heavy atom. The van der Waals surface area contributed by atoms with Crippen LogP contribution in [0.15, 0.2) is 18.2 Å². The zero-order valence-electron chi connectivity index (χ0n) is 11.5. The van der Waals surface area contributed by atoms with Crippen molar-refractivity contribution >= 4 is 0 Å². The van der Waals surface area contributed by atoms with Gasteiger partial charge < -0.3 is 10.1 Å². The van der Waals surface area contributed by atoms with Crippen molar-refractivity contribution in [2.75, 3.05) is 7.11 Å². The van der Waals surface area contributed by atoms with Gasteiger partial charge in [0.15, 0.2) is 0 Å². The van der Waals surface area contributed by atoms with Gasteiger partial charge in [-0.3, -0.25) is 0 Å². The van der Waals surface area contributed by atoms with Crippen molar-refractivity contribution in [3.8, 4) is 5.88 Å². The lowest BCUT2D eigenvalue weighted by atomic mass is 9.83. The summed E-state index contributed by atoms with van der Waals surface area (Å²) in [6.45, 7) is 3.15. The minimum absolute atomic E-state index is 0.664. The molecule has 18 heavy (non-hydrogen) atoms. The van der Waals surface area contributed by atoms with E-state index in [2.05, 4.69) is 23.3 Å². The average Bonchev–Trinajstić information content (AvgIpc) is 2.45. The van der Waals surface area contributed by atoms with E-state index in [4.69, 9.17) is 4.74 Å². The molecule has 1 aromatic heterocycles. The number of pyridine rings is 1. The van der Waals surface area contributed by atoms with Crippen LogP contribution in [0.3, 0.4) is 0 Å². The maximum Gasteiger partial charge on any atom is 0.213 e. The predicted molar refractivity (Wildman–Crippen MR) is 73.7 cm³/mol. The van der Waals surface area contributed by atoms with Crippen LogP contribution in [0.1, 0.15) is 44.7 Å². The normalized spacial score (nSPS) is 23.9. The van der Waals surface area contributed by atoms with E-state index in [0.717, 1.165) is 18.2 Å². The van der Waals surface area contributed by atoms with Crippen LogP contribution < -0.4 is 10.1 Å². The van der Waals surface area contributed by atoms with Crippen molar-refractivity contribution < 1.29 is 4.74 Å². The van der Waals surface area contributed by atoms with Crippen LogP contribution in [0, 0.1) is 5.92 Å². The van der Waals surface area contributed by atoms with Crippen LogP contribution in [-0.4, -0.2) is 18.1 Å². The second kappa shape index (κ2) is 6.74. The fraction of sp³-hybridized carbons (Fsp3) is 0.667. The predicted octanol–water partition coefficient (Wildman–Crippen LogP) is 3.15. The Morgan fingerprint density at radius 3 is 2.94 bits per heavy atom. The van der Waals surface area contributed by atoms with Gasteiger partial charge in [-0.05, 0) is 24.8 Å². The number of methoxy groups -OCH3 is 1. The summed E-state index contributed by atoms with van der Waals surface area (Å²) in [5.74, 6) is 1.54. The summed E-state index contributed by atoms with van der Waals surface area (Å²) < 4.78 is 5.15. The zero-order chi connectivity index (χ0) is 12.8. The largest absolute Gasteiger partial charge is 0.481 e. The van der Waals surface area contributed by atoms with Crippen LogP contribution in [0.25, 0.3) is 0 Å². The number of hydrogen-bond acceptors (Lipinski definition) is 3.